The van der Waals surface area contributed by atoms with Gasteiger partial charge in [-0.3, -0.25) is 0 Å². The molecule has 0 radical (unpaired) electrons. The molecule has 0 aromatic heterocycles. The standard InChI is InChI=1S/C30H32F30O6/c1-2-15(9-64-12-19(37,38)25(49,50)28(55,56)22(43,44)16(31,32)3-6-61,10-65-13-20(39,40)26(51,52)29(57,58)23(45,46)17(33,34)4-7-62)11-66-14-21(41,42)27(53,54)30(59,60)24(47,48)18(35,36)5-8-63/h61-63H,2-14H2,1H3. The molecule has 0 atom stereocenters. The van der Waals surface area contributed by atoms with Gasteiger partial charge in [0.1, 0.15) is 19.8 Å². The molecule has 66 heavy (non-hydrogen) atoms. The maximum atomic E-state index is 14.4. The molecule has 0 fully saturated rings. The second-order valence-corrected chi connectivity index (χ2v) is 14.1. The van der Waals surface area contributed by atoms with Crippen LogP contribution < -0.4 is 0 Å². The lowest BCUT2D eigenvalue weighted by Crippen LogP contribution is -2.68. The molecule has 36 heteroatoms. The normalized spacial score (nSPS) is 16.1. The van der Waals surface area contributed by atoms with E-state index in [1.807, 2.05) is 0 Å². The summed E-state index contributed by atoms with van der Waals surface area (Å²) in [7, 11) is 0. The third-order valence-corrected chi connectivity index (χ3v) is 9.22. The van der Waals surface area contributed by atoms with Crippen LogP contribution in [-0.4, -0.2) is 164 Å². The van der Waals surface area contributed by atoms with Gasteiger partial charge in [-0.2, -0.15) is 132 Å². The Labute approximate surface area is 348 Å². The minimum absolute atomic E-state index is 0.357. The molecule has 0 aromatic carbocycles. The molecular weight excluding hydrogens is 1030 g/mol. The number of hydrogen-bond donors (Lipinski definition) is 3. The molecule has 0 aliphatic rings. The van der Waals surface area contributed by atoms with Crippen LogP contribution in [0.2, 0.25) is 0 Å². The predicted octanol–water partition coefficient (Wildman–Crippen LogP) is 10.1. The third-order valence-electron chi connectivity index (χ3n) is 9.22. The van der Waals surface area contributed by atoms with Crippen LogP contribution in [0, 0.1) is 5.41 Å². The first-order chi connectivity index (χ1) is 28.9. The quantitative estimate of drug-likeness (QED) is 0.0600. The summed E-state index contributed by atoms with van der Waals surface area (Å²) in [4.78, 5) is 0. The Morgan fingerprint density at radius 3 is 0.576 bits per heavy atom. The van der Waals surface area contributed by atoms with Gasteiger partial charge in [0.25, 0.3) is 0 Å². The maximum absolute atomic E-state index is 14.4. The number of alkyl halides is 30. The molecule has 0 heterocycles. The molecule has 0 aromatic rings. The van der Waals surface area contributed by atoms with Crippen LogP contribution in [0.15, 0.2) is 0 Å². The molecule has 0 aliphatic carbocycles. The van der Waals surface area contributed by atoms with Gasteiger partial charge in [-0.1, -0.05) is 6.92 Å². The molecule has 0 aliphatic heterocycles. The van der Waals surface area contributed by atoms with Crippen LogP contribution >= 0.6 is 0 Å². The van der Waals surface area contributed by atoms with E-state index in [0.717, 1.165) is 0 Å². The van der Waals surface area contributed by atoms with Gasteiger partial charge in [0.05, 0.1) is 19.8 Å². The fraction of sp³-hybridized carbons (Fsp3) is 1.00. The predicted molar refractivity (Wildman–Crippen MR) is 154 cm³/mol. The molecule has 0 saturated heterocycles. The molecule has 0 saturated carbocycles. The van der Waals surface area contributed by atoms with Crippen molar-refractivity contribution in [2.45, 2.75) is 121 Å². The van der Waals surface area contributed by atoms with Crippen molar-refractivity contribution in [3.63, 3.8) is 0 Å². The van der Waals surface area contributed by atoms with Gasteiger partial charge in [-0.25, -0.2) is 0 Å². The van der Waals surface area contributed by atoms with E-state index in [9.17, 15) is 132 Å². The number of aliphatic hydroxyl groups excluding tert-OH is 3. The van der Waals surface area contributed by atoms with Gasteiger partial charge >= 0.3 is 88.8 Å². The summed E-state index contributed by atoms with van der Waals surface area (Å²) >= 11 is 0. The molecule has 0 amide bonds. The molecule has 0 rings (SSSR count). The molecule has 0 bridgehead atoms. The highest BCUT2D eigenvalue weighted by Crippen LogP contribution is 2.61. The number of hydrogen-bond acceptors (Lipinski definition) is 6. The summed E-state index contributed by atoms with van der Waals surface area (Å²) < 4.78 is 433. The summed E-state index contributed by atoms with van der Waals surface area (Å²) in [5, 5.41) is 25.0. The first kappa shape index (κ1) is 63.7. The number of halogens is 30. The van der Waals surface area contributed by atoms with E-state index in [4.69, 9.17) is 15.3 Å². The van der Waals surface area contributed by atoms with Crippen molar-refractivity contribution in [1.82, 2.24) is 0 Å². The number of rotatable bonds is 31. The van der Waals surface area contributed by atoms with E-state index < -0.39 is 179 Å². The highest BCUT2D eigenvalue weighted by molar-refractivity contribution is 5.11. The Balaban J connectivity index is 7.13. The first-order valence-corrected chi connectivity index (χ1v) is 17.1. The largest absolute Gasteiger partial charge is 0.396 e. The SMILES string of the molecule is CCC(COCC(F)(F)C(F)(F)C(F)(F)C(F)(F)C(F)(F)CCO)(COCC(F)(F)C(F)(F)C(F)(F)C(F)(F)C(F)(F)CCO)COCC(F)(F)C(F)(F)C(F)(F)C(F)(F)C(F)(F)CCO. The van der Waals surface area contributed by atoms with Gasteiger partial charge in [0, 0.05) is 44.5 Å². The van der Waals surface area contributed by atoms with Crippen molar-refractivity contribution >= 4 is 0 Å². The lowest BCUT2D eigenvalue weighted by atomic mass is 9.87. The van der Waals surface area contributed by atoms with Crippen LogP contribution in [0.1, 0.15) is 32.6 Å². The van der Waals surface area contributed by atoms with Crippen LogP contribution in [0.4, 0.5) is 132 Å². The molecule has 398 valence electrons. The van der Waals surface area contributed by atoms with E-state index in [-0.39, 0.29) is 0 Å². The Morgan fingerprint density at radius 1 is 0.258 bits per heavy atom. The highest BCUT2D eigenvalue weighted by Gasteiger charge is 2.88. The molecular formula is C30H32F30O6. The van der Waals surface area contributed by atoms with Gasteiger partial charge in [0.15, 0.2) is 0 Å². The van der Waals surface area contributed by atoms with Crippen molar-refractivity contribution in [2.75, 3.05) is 59.5 Å². The summed E-state index contributed by atoms with van der Waals surface area (Å²) in [6.07, 6.45) is -9.98. The monoisotopic (exact) mass is 1060 g/mol. The Bertz CT molecular complexity index is 1380. The van der Waals surface area contributed by atoms with Crippen molar-refractivity contribution in [2.24, 2.45) is 5.41 Å². The zero-order chi connectivity index (χ0) is 53.3. The minimum Gasteiger partial charge on any atom is -0.396 e. The maximum Gasteiger partial charge on any atom is 0.384 e. The summed E-state index contributed by atoms with van der Waals surface area (Å²) in [5.41, 5.74) is -3.48. The Morgan fingerprint density at radius 2 is 0.424 bits per heavy atom. The van der Waals surface area contributed by atoms with E-state index in [2.05, 4.69) is 14.2 Å². The number of aliphatic hydroxyl groups is 3. The topological polar surface area (TPSA) is 88.4 Å². The Hall–Kier alpha value is -2.34. The van der Waals surface area contributed by atoms with E-state index in [1.165, 1.54) is 0 Å². The van der Waals surface area contributed by atoms with Gasteiger partial charge in [-0.15, -0.1) is 0 Å². The molecule has 6 nitrogen and oxygen atoms in total. The molecule has 3 N–H and O–H groups in total. The van der Waals surface area contributed by atoms with Crippen molar-refractivity contribution in [1.29, 1.82) is 0 Å². The highest BCUT2D eigenvalue weighted by atomic mass is 19.4. The van der Waals surface area contributed by atoms with Gasteiger partial charge in [0.2, 0.25) is 0 Å². The molecule has 0 unspecified atom stereocenters. The average molecular weight is 1060 g/mol. The van der Waals surface area contributed by atoms with E-state index >= 15 is 0 Å². The lowest BCUT2D eigenvalue weighted by Gasteiger charge is -2.40. The second-order valence-electron chi connectivity index (χ2n) is 14.1. The van der Waals surface area contributed by atoms with Crippen LogP contribution in [0.5, 0.6) is 0 Å². The van der Waals surface area contributed by atoms with E-state index in [0.29, 0.717) is 6.92 Å². The third kappa shape index (κ3) is 10.8. The van der Waals surface area contributed by atoms with Gasteiger partial charge < -0.3 is 29.5 Å². The summed E-state index contributed by atoms with van der Waals surface area (Å²) in [6.45, 7) is -24.4. The van der Waals surface area contributed by atoms with Crippen molar-refractivity contribution in [3.8, 4) is 0 Å². The van der Waals surface area contributed by atoms with Crippen LogP contribution in [-0.2, 0) is 14.2 Å². The number of ether oxygens (including phenoxy) is 3. The van der Waals surface area contributed by atoms with Crippen molar-refractivity contribution < 1.29 is 161 Å². The summed E-state index contributed by atoms with van der Waals surface area (Å²) in [6, 6.07) is 0. The van der Waals surface area contributed by atoms with Crippen molar-refractivity contribution in [3.05, 3.63) is 0 Å². The first-order valence-electron chi connectivity index (χ1n) is 17.1. The fourth-order valence-corrected chi connectivity index (χ4v) is 4.75. The summed E-state index contributed by atoms with van der Waals surface area (Å²) in [5.74, 6) is -110. The minimum atomic E-state index is -7.91. The zero-order valence-electron chi connectivity index (χ0n) is 32.1. The van der Waals surface area contributed by atoms with Crippen LogP contribution in [0.25, 0.3) is 0 Å². The van der Waals surface area contributed by atoms with E-state index in [1.54, 1.807) is 0 Å². The van der Waals surface area contributed by atoms with Crippen LogP contribution in [0.3, 0.4) is 0 Å². The fourth-order valence-electron chi connectivity index (χ4n) is 4.75. The second kappa shape index (κ2) is 19.8. The smallest absolute Gasteiger partial charge is 0.384 e. The van der Waals surface area contributed by atoms with Gasteiger partial charge in [-0.05, 0) is 6.42 Å². The Kier molecular flexibility index (Phi) is 19.1. The average Bonchev–Trinajstić information content (AvgIpc) is 3.13. The zero-order valence-corrected chi connectivity index (χ0v) is 32.1. The molecule has 0 spiro atoms. The lowest BCUT2D eigenvalue weighted by molar-refractivity contribution is -0.407.